The third-order valence-corrected chi connectivity index (χ3v) is 5.13. The molecule has 0 unspecified atom stereocenters. The SMILES string of the molecule is CC(C)=C[C@H]1[C@@H](C(=O)NCc2ccc(NC(=O)c3ccco3)cc2)C1(C)C. The summed E-state index contributed by atoms with van der Waals surface area (Å²) in [4.78, 5) is 24.5. The summed E-state index contributed by atoms with van der Waals surface area (Å²) in [7, 11) is 0. The van der Waals surface area contributed by atoms with Gasteiger partial charge in [-0.2, -0.15) is 0 Å². The van der Waals surface area contributed by atoms with Crippen molar-refractivity contribution in [3.8, 4) is 0 Å². The minimum absolute atomic E-state index is 0.0152. The number of anilines is 1. The maximum Gasteiger partial charge on any atom is 0.291 e. The van der Waals surface area contributed by atoms with Crippen LogP contribution in [0.1, 0.15) is 43.8 Å². The molecule has 2 N–H and O–H groups in total. The van der Waals surface area contributed by atoms with Crippen LogP contribution in [0.2, 0.25) is 0 Å². The van der Waals surface area contributed by atoms with E-state index in [-0.39, 0.29) is 28.9 Å². The van der Waals surface area contributed by atoms with Crippen LogP contribution in [-0.2, 0) is 11.3 Å². The molecule has 0 aliphatic heterocycles. The number of furan rings is 1. The number of benzene rings is 1. The highest BCUT2D eigenvalue weighted by Crippen LogP contribution is 2.59. The summed E-state index contributed by atoms with van der Waals surface area (Å²) in [5, 5.41) is 5.80. The Balaban J connectivity index is 1.52. The van der Waals surface area contributed by atoms with Crippen LogP contribution in [0.25, 0.3) is 0 Å². The van der Waals surface area contributed by atoms with Crippen molar-refractivity contribution in [3.05, 3.63) is 65.6 Å². The number of rotatable bonds is 6. The van der Waals surface area contributed by atoms with E-state index in [0.29, 0.717) is 18.2 Å². The second-order valence-electron chi connectivity index (χ2n) is 7.91. The lowest BCUT2D eigenvalue weighted by atomic mass is 10.1. The molecule has 1 aromatic carbocycles. The number of carbonyl (C=O) groups is 2. The predicted molar refractivity (Wildman–Crippen MR) is 105 cm³/mol. The number of hydrogen-bond donors (Lipinski definition) is 2. The number of carbonyl (C=O) groups excluding carboxylic acids is 2. The zero-order valence-corrected chi connectivity index (χ0v) is 16.2. The zero-order valence-electron chi connectivity index (χ0n) is 16.2. The molecule has 2 aromatic rings. The lowest BCUT2D eigenvalue weighted by Gasteiger charge is -2.08. The molecule has 5 nitrogen and oxygen atoms in total. The molecular weight excluding hydrogens is 340 g/mol. The van der Waals surface area contributed by atoms with E-state index < -0.39 is 0 Å². The molecule has 0 radical (unpaired) electrons. The summed E-state index contributed by atoms with van der Waals surface area (Å²) in [6.07, 6.45) is 3.66. The van der Waals surface area contributed by atoms with E-state index in [1.165, 1.54) is 11.8 Å². The van der Waals surface area contributed by atoms with E-state index in [1.807, 2.05) is 24.3 Å². The fourth-order valence-corrected chi connectivity index (χ4v) is 3.45. The maximum absolute atomic E-state index is 12.5. The largest absolute Gasteiger partial charge is 0.459 e. The second kappa shape index (κ2) is 7.43. The van der Waals surface area contributed by atoms with Gasteiger partial charge in [0.2, 0.25) is 5.91 Å². The topological polar surface area (TPSA) is 71.3 Å². The fraction of sp³-hybridized carbons (Fsp3) is 0.364. The van der Waals surface area contributed by atoms with Gasteiger partial charge in [-0.1, -0.05) is 37.6 Å². The van der Waals surface area contributed by atoms with E-state index in [9.17, 15) is 9.59 Å². The molecule has 2 amide bonds. The van der Waals surface area contributed by atoms with Crippen LogP contribution in [0.15, 0.2) is 58.7 Å². The quantitative estimate of drug-likeness (QED) is 0.745. The lowest BCUT2D eigenvalue weighted by molar-refractivity contribution is -0.123. The monoisotopic (exact) mass is 366 g/mol. The Morgan fingerprint density at radius 1 is 1.15 bits per heavy atom. The van der Waals surface area contributed by atoms with E-state index in [0.717, 1.165) is 5.56 Å². The maximum atomic E-state index is 12.5. The van der Waals surface area contributed by atoms with Crippen molar-refractivity contribution >= 4 is 17.5 Å². The molecule has 142 valence electrons. The summed E-state index contributed by atoms with van der Waals surface area (Å²) in [5.41, 5.74) is 2.92. The average Bonchev–Trinajstić information content (AvgIpc) is 2.99. The molecule has 0 spiro atoms. The molecule has 1 saturated carbocycles. The number of amides is 2. The summed E-state index contributed by atoms with van der Waals surface area (Å²) < 4.78 is 5.07. The molecular formula is C22H26N2O3. The first-order valence-corrected chi connectivity index (χ1v) is 9.15. The van der Waals surface area contributed by atoms with Gasteiger partial charge in [-0.3, -0.25) is 9.59 Å². The Labute approximate surface area is 159 Å². The molecule has 5 heteroatoms. The van der Waals surface area contributed by atoms with Crippen molar-refractivity contribution in [2.45, 2.75) is 34.2 Å². The minimum Gasteiger partial charge on any atom is -0.459 e. The van der Waals surface area contributed by atoms with Gasteiger partial charge in [0.1, 0.15) is 0 Å². The van der Waals surface area contributed by atoms with Gasteiger partial charge in [0, 0.05) is 12.2 Å². The van der Waals surface area contributed by atoms with E-state index in [2.05, 4.69) is 44.4 Å². The fourth-order valence-electron chi connectivity index (χ4n) is 3.45. The normalized spacial score (nSPS) is 19.9. The molecule has 0 saturated heterocycles. The first-order chi connectivity index (χ1) is 12.8. The molecule has 1 aromatic heterocycles. The van der Waals surface area contributed by atoms with Crippen molar-refractivity contribution in [2.24, 2.45) is 17.3 Å². The minimum atomic E-state index is -0.290. The lowest BCUT2D eigenvalue weighted by Crippen LogP contribution is -2.26. The third kappa shape index (κ3) is 4.30. The Bertz CT molecular complexity index is 844. The Morgan fingerprint density at radius 3 is 2.44 bits per heavy atom. The highest BCUT2D eigenvalue weighted by molar-refractivity contribution is 6.02. The standard InChI is InChI=1S/C22H26N2O3/c1-14(2)12-17-19(22(17,3)4)21(26)23-13-15-7-9-16(10-8-15)24-20(25)18-6-5-11-27-18/h5-12,17,19H,13H2,1-4H3,(H,23,26)(H,24,25)/t17-,19-/m0/s1. The van der Waals surface area contributed by atoms with Crippen LogP contribution < -0.4 is 10.6 Å². The number of allylic oxidation sites excluding steroid dienone is 2. The molecule has 0 bridgehead atoms. The van der Waals surface area contributed by atoms with Gasteiger partial charge >= 0.3 is 0 Å². The number of nitrogens with one attached hydrogen (secondary N) is 2. The van der Waals surface area contributed by atoms with Gasteiger partial charge in [0.25, 0.3) is 5.91 Å². The van der Waals surface area contributed by atoms with Crippen LogP contribution >= 0.6 is 0 Å². The van der Waals surface area contributed by atoms with Gasteiger partial charge < -0.3 is 15.1 Å². The zero-order chi connectivity index (χ0) is 19.6. The highest BCUT2D eigenvalue weighted by atomic mass is 16.3. The van der Waals surface area contributed by atoms with Gasteiger partial charge in [-0.15, -0.1) is 0 Å². The second-order valence-corrected chi connectivity index (χ2v) is 7.91. The van der Waals surface area contributed by atoms with Crippen LogP contribution in [0.3, 0.4) is 0 Å². The van der Waals surface area contributed by atoms with Crippen molar-refractivity contribution in [1.29, 1.82) is 0 Å². The van der Waals surface area contributed by atoms with E-state index >= 15 is 0 Å². The van der Waals surface area contributed by atoms with Crippen molar-refractivity contribution in [3.63, 3.8) is 0 Å². The molecule has 1 heterocycles. The van der Waals surface area contributed by atoms with E-state index in [1.54, 1.807) is 12.1 Å². The highest BCUT2D eigenvalue weighted by Gasteiger charge is 2.60. The summed E-state index contributed by atoms with van der Waals surface area (Å²) in [6.45, 7) is 8.88. The third-order valence-electron chi connectivity index (χ3n) is 5.13. The van der Waals surface area contributed by atoms with Crippen LogP contribution in [-0.4, -0.2) is 11.8 Å². The number of hydrogen-bond acceptors (Lipinski definition) is 3. The van der Waals surface area contributed by atoms with E-state index in [4.69, 9.17) is 4.42 Å². The molecule has 1 aliphatic rings. The summed E-state index contributed by atoms with van der Waals surface area (Å²) >= 11 is 0. The van der Waals surface area contributed by atoms with Crippen molar-refractivity contribution in [1.82, 2.24) is 5.32 Å². The summed E-state index contributed by atoms with van der Waals surface area (Å²) in [6, 6.07) is 10.7. The molecule has 3 rings (SSSR count). The first-order valence-electron chi connectivity index (χ1n) is 9.15. The average molecular weight is 366 g/mol. The van der Waals surface area contributed by atoms with Crippen LogP contribution in [0, 0.1) is 17.3 Å². The Kier molecular flexibility index (Phi) is 5.22. The smallest absolute Gasteiger partial charge is 0.291 e. The Hall–Kier alpha value is -2.82. The van der Waals surface area contributed by atoms with Crippen molar-refractivity contribution in [2.75, 3.05) is 5.32 Å². The molecule has 1 aliphatic carbocycles. The molecule has 1 fully saturated rings. The molecule has 2 atom stereocenters. The molecule has 27 heavy (non-hydrogen) atoms. The van der Waals surface area contributed by atoms with Crippen LogP contribution in [0.4, 0.5) is 5.69 Å². The first kappa shape index (κ1) is 19.0. The van der Waals surface area contributed by atoms with Crippen LogP contribution in [0.5, 0.6) is 0 Å². The van der Waals surface area contributed by atoms with Gasteiger partial charge in [-0.25, -0.2) is 0 Å². The van der Waals surface area contributed by atoms with Gasteiger partial charge in [0.15, 0.2) is 5.76 Å². The van der Waals surface area contributed by atoms with Crippen molar-refractivity contribution < 1.29 is 14.0 Å². The van der Waals surface area contributed by atoms with Gasteiger partial charge in [-0.05, 0) is 55.0 Å². The van der Waals surface area contributed by atoms with Gasteiger partial charge in [0.05, 0.1) is 12.2 Å². The Morgan fingerprint density at radius 2 is 1.85 bits per heavy atom. The summed E-state index contributed by atoms with van der Waals surface area (Å²) in [5.74, 6) is 0.408. The predicted octanol–water partition coefficient (Wildman–Crippen LogP) is 4.39.